The number of carbonyl (C=O) groups is 2. The van der Waals surface area contributed by atoms with E-state index in [0.29, 0.717) is 26.2 Å². The molecule has 2 amide bonds. The molecule has 2 saturated heterocycles. The maximum absolute atomic E-state index is 13.0. The average Bonchev–Trinajstić information content (AvgIpc) is 3.13. The summed E-state index contributed by atoms with van der Waals surface area (Å²) in [7, 11) is 0. The highest BCUT2D eigenvalue weighted by molar-refractivity contribution is 5.97. The minimum atomic E-state index is -0.839. The molecular formula is C18H20FN5O3. The number of carbonyl (C=O) groups excluding carboxylic acids is 2. The summed E-state index contributed by atoms with van der Waals surface area (Å²) in [4.78, 5) is 28.2. The van der Waals surface area contributed by atoms with Gasteiger partial charge >= 0.3 is 0 Å². The molecule has 0 bridgehead atoms. The summed E-state index contributed by atoms with van der Waals surface area (Å²) in [5, 5.41) is 16.1. The van der Waals surface area contributed by atoms with Crippen molar-refractivity contribution in [3.63, 3.8) is 0 Å². The standard InChI is InChI=1S/C18H20FN5O3/c19-13-1-3-14(4-2-13)24-9-12(7-20-24)8-22-5-6-23-16(10-22)17(26)21-15(11-25)18(23)27/h1-4,7,9,15-16,25H,5-6,8,10-11H2,(H,21,26)/t15-,16+/m0/s1. The number of amides is 2. The van der Waals surface area contributed by atoms with Crippen molar-refractivity contribution in [2.24, 2.45) is 0 Å². The Balaban J connectivity index is 1.42. The van der Waals surface area contributed by atoms with E-state index in [1.165, 1.54) is 12.1 Å². The molecule has 2 fully saturated rings. The van der Waals surface area contributed by atoms with Crippen LogP contribution in [0.15, 0.2) is 36.7 Å². The summed E-state index contributed by atoms with van der Waals surface area (Å²) in [6, 6.07) is 4.69. The van der Waals surface area contributed by atoms with Crippen LogP contribution in [0.25, 0.3) is 5.69 Å². The Labute approximate surface area is 155 Å². The molecule has 4 rings (SSSR count). The number of fused-ring (bicyclic) bond motifs is 1. The number of nitrogens with one attached hydrogen (secondary N) is 1. The van der Waals surface area contributed by atoms with Gasteiger partial charge in [-0.2, -0.15) is 5.10 Å². The van der Waals surface area contributed by atoms with Crippen molar-refractivity contribution in [3.8, 4) is 5.69 Å². The fourth-order valence-corrected chi connectivity index (χ4v) is 3.56. The molecule has 0 aliphatic carbocycles. The molecule has 3 heterocycles. The van der Waals surface area contributed by atoms with Crippen molar-refractivity contribution < 1.29 is 19.1 Å². The first-order valence-corrected chi connectivity index (χ1v) is 8.78. The van der Waals surface area contributed by atoms with Crippen LogP contribution in [0.4, 0.5) is 4.39 Å². The van der Waals surface area contributed by atoms with Gasteiger partial charge in [0, 0.05) is 37.9 Å². The molecule has 27 heavy (non-hydrogen) atoms. The van der Waals surface area contributed by atoms with E-state index in [-0.39, 0.29) is 24.2 Å². The second-order valence-electron chi connectivity index (χ2n) is 6.80. The van der Waals surface area contributed by atoms with Gasteiger partial charge in [-0.15, -0.1) is 0 Å². The third-order valence-corrected chi connectivity index (χ3v) is 4.98. The first kappa shape index (κ1) is 17.6. The van der Waals surface area contributed by atoms with Crippen molar-refractivity contribution in [1.82, 2.24) is 24.9 Å². The average molecular weight is 373 g/mol. The van der Waals surface area contributed by atoms with Gasteiger partial charge in [0.2, 0.25) is 11.8 Å². The van der Waals surface area contributed by atoms with Crippen LogP contribution < -0.4 is 5.32 Å². The van der Waals surface area contributed by atoms with Crippen molar-refractivity contribution in [3.05, 3.63) is 48.0 Å². The lowest BCUT2D eigenvalue weighted by Crippen LogP contribution is -2.69. The molecule has 2 aliphatic rings. The van der Waals surface area contributed by atoms with E-state index >= 15 is 0 Å². The largest absolute Gasteiger partial charge is 0.394 e. The third kappa shape index (κ3) is 3.43. The van der Waals surface area contributed by atoms with Crippen molar-refractivity contribution in [2.45, 2.75) is 18.6 Å². The van der Waals surface area contributed by atoms with Crippen LogP contribution in [0.3, 0.4) is 0 Å². The van der Waals surface area contributed by atoms with Gasteiger partial charge in [-0.3, -0.25) is 14.5 Å². The van der Waals surface area contributed by atoms with Crippen LogP contribution in [0, 0.1) is 5.82 Å². The fourth-order valence-electron chi connectivity index (χ4n) is 3.56. The van der Waals surface area contributed by atoms with Gasteiger partial charge in [-0.25, -0.2) is 9.07 Å². The quantitative estimate of drug-likeness (QED) is 0.755. The Morgan fingerprint density at radius 1 is 1.22 bits per heavy atom. The molecule has 8 nitrogen and oxygen atoms in total. The molecule has 2 atom stereocenters. The number of halogens is 1. The number of aliphatic hydroxyl groups is 1. The van der Waals surface area contributed by atoms with Gasteiger partial charge in [-0.05, 0) is 24.3 Å². The van der Waals surface area contributed by atoms with E-state index in [1.807, 2.05) is 6.20 Å². The molecule has 0 radical (unpaired) electrons. The number of piperazine rings is 2. The molecule has 0 saturated carbocycles. The molecule has 2 aliphatic heterocycles. The van der Waals surface area contributed by atoms with Gasteiger partial charge in [0.15, 0.2) is 0 Å². The van der Waals surface area contributed by atoms with Gasteiger partial charge in [0.1, 0.15) is 17.9 Å². The van der Waals surface area contributed by atoms with E-state index in [1.54, 1.807) is 27.9 Å². The van der Waals surface area contributed by atoms with E-state index in [4.69, 9.17) is 0 Å². The number of benzene rings is 1. The number of aromatic nitrogens is 2. The molecule has 0 unspecified atom stereocenters. The molecule has 142 valence electrons. The number of nitrogens with zero attached hydrogens (tertiary/aromatic N) is 4. The molecule has 2 N–H and O–H groups in total. The Hall–Kier alpha value is -2.78. The molecular weight excluding hydrogens is 353 g/mol. The maximum atomic E-state index is 13.0. The Morgan fingerprint density at radius 3 is 2.74 bits per heavy atom. The second kappa shape index (κ2) is 7.09. The molecule has 9 heteroatoms. The highest BCUT2D eigenvalue weighted by Gasteiger charge is 2.43. The first-order chi connectivity index (χ1) is 13.0. The fraction of sp³-hybridized carbons (Fsp3) is 0.389. The number of hydrogen-bond donors (Lipinski definition) is 2. The highest BCUT2D eigenvalue weighted by Crippen LogP contribution is 2.18. The lowest BCUT2D eigenvalue weighted by atomic mass is 10.0. The van der Waals surface area contributed by atoms with E-state index in [0.717, 1.165) is 11.3 Å². The van der Waals surface area contributed by atoms with Crippen molar-refractivity contribution in [2.75, 3.05) is 26.2 Å². The van der Waals surface area contributed by atoms with Crippen LogP contribution in [-0.2, 0) is 16.1 Å². The van der Waals surface area contributed by atoms with Gasteiger partial charge in [0.05, 0.1) is 18.5 Å². The normalized spacial score (nSPS) is 23.3. The lowest BCUT2D eigenvalue weighted by Gasteiger charge is -2.44. The van der Waals surface area contributed by atoms with Gasteiger partial charge in [-0.1, -0.05) is 0 Å². The van der Waals surface area contributed by atoms with Crippen LogP contribution in [-0.4, -0.2) is 74.8 Å². The molecule has 1 aromatic heterocycles. The molecule has 0 spiro atoms. The topological polar surface area (TPSA) is 90.7 Å². The minimum Gasteiger partial charge on any atom is -0.394 e. The summed E-state index contributed by atoms with van der Waals surface area (Å²) >= 11 is 0. The summed E-state index contributed by atoms with van der Waals surface area (Å²) in [6.45, 7) is 1.71. The lowest BCUT2D eigenvalue weighted by molar-refractivity contribution is -0.154. The Kier molecular flexibility index (Phi) is 4.63. The summed E-state index contributed by atoms with van der Waals surface area (Å²) in [6.07, 6.45) is 3.61. The summed E-state index contributed by atoms with van der Waals surface area (Å²) in [5.74, 6) is -0.765. The summed E-state index contributed by atoms with van der Waals surface area (Å²) < 4.78 is 14.7. The Bertz CT molecular complexity index is 853. The predicted molar refractivity (Wildman–Crippen MR) is 93.3 cm³/mol. The second-order valence-corrected chi connectivity index (χ2v) is 6.80. The van der Waals surface area contributed by atoms with E-state index in [2.05, 4.69) is 15.3 Å². The van der Waals surface area contributed by atoms with Crippen LogP contribution in [0.1, 0.15) is 5.56 Å². The van der Waals surface area contributed by atoms with Gasteiger partial charge in [0.25, 0.3) is 0 Å². The predicted octanol–water partition coefficient (Wildman–Crippen LogP) is -0.485. The Morgan fingerprint density at radius 2 is 2.00 bits per heavy atom. The van der Waals surface area contributed by atoms with Crippen LogP contribution in [0.2, 0.25) is 0 Å². The zero-order valence-electron chi connectivity index (χ0n) is 14.6. The number of hydrogen-bond acceptors (Lipinski definition) is 5. The highest BCUT2D eigenvalue weighted by atomic mass is 19.1. The van der Waals surface area contributed by atoms with Crippen LogP contribution in [0.5, 0.6) is 0 Å². The van der Waals surface area contributed by atoms with Crippen molar-refractivity contribution in [1.29, 1.82) is 0 Å². The molecule has 2 aromatic rings. The SMILES string of the molecule is O=C1N[C@@H](CO)C(=O)N2CCN(Cc3cnn(-c4ccc(F)cc4)c3)C[C@H]12. The third-order valence-electron chi connectivity index (χ3n) is 4.98. The monoisotopic (exact) mass is 373 g/mol. The first-order valence-electron chi connectivity index (χ1n) is 8.78. The zero-order chi connectivity index (χ0) is 19.0. The maximum Gasteiger partial charge on any atom is 0.248 e. The number of rotatable bonds is 4. The molecule has 1 aromatic carbocycles. The van der Waals surface area contributed by atoms with Crippen molar-refractivity contribution >= 4 is 11.8 Å². The van der Waals surface area contributed by atoms with E-state index < -0.39 is 12.1 Å². The zero-order valence-corrected chi connectivity index (χ0v) is 14.6. The summed E-state index contributed by atoms with van der Waals surface area (Å²) in [5.41, 5.74) is 1.73. The number of aliphatic hydroxyl groups excluding tert-OH is 1. The van der Waals surface area contributed by atoms with Gasteiger partial charge < -0.3 is 15.3 Å². The minimum absolute atomic E-state index is 0.231. The smallest absolute Gasteiger partial charge is 0.248 e. The van der Waals surface area contributed by atoms with Crippen LogP contribution >= 0.6 is 0 Å². The van der Waals surface area contributed by atoms with E-state index in [9.17, 15) is 19.1 Å².